The van der Waals surface area contributed by atoms with E-state index in [1.165, 1.54) is 4.90 Å². The third-order valence-electron chi connectivity index (χ3n) is 2.21. The molecule has 1 atom stereocenters. The van der Waals surface area contributed by atoms with Crippen molar-refractivity contribution in [1.29, 1.82) is 0 Å². The predicted molar refractivity (Wildman–Crippen MR) is 63.5 cm³/mol. The van der Waals surface area contributed by atoms with Gasteiger partial charge in [-0.05, 0) is 6.42 Å². The molecule has 0 rings (SSSR count). The van der Waals surface area contributed by atoms with Gasteiger partial charge in [0.25, 0.3) is 0 Å². The number of amides is 1. The quantitative estimate of drug-likeness (QED) is 0.550. The highest BCUT2D eigenvalue weighted by molar-refractivity contribution is 5.82. The molecular weight excluding hydrogens is 224 g/mol. The fourth-order valence-corrected chi connectivity index (χ4v) is 1.29. The summed E-state index contributed by atoms with van der Waals surface area (Å²) in [5.74, 6) is -1.23. The van der Waals surface area contributed by atoms with Gasteiger partial charge in [0.2, 0.25) is 5.91 Å². The molecule has 1 unspecified atom stereocenters. The first kappa shape index (κ1) is 15.6. The fourth-order valence-electron chi connectivity index (χ4n) is 1.29. The summed E-state index contributed by atoms with van der Waals surface area (Å²) < 4.78 is 4.88. The van der Waals surface area contributed by atoms with Crippen LogP contribution in [0, 0.1) is 0 Å². The van der Waals surface area contributed by atoms with Crippen molar-refractivity contribution in [2.24, 2.45) is 5.73 Å². The molecule has 3 N–H and O–H groups in total. The maximum atomic E-state index is 11.9. The van der Waals surface area contributed by atoms with Gasteiger partial charge in [0.1, 0.15) is 0 Å². The van der Waals surface area contributed by atoms with Crippen LogP contribution in [-0.4, -0.2) is 54.7 Å². The third kappa shape index (κ3) is 6.70. The number of nitrogens with zero attached hydrogens (tertiary/aromatic N) is 1. The molecule has 0 saturated carbocycles. The van der Waals surface area contributed by atoms with Crippen molar-refractivity contribution in [2.75, 3.05) is 26.8 Å². The summed E-state index contributed by atoms with van der Waals surface area (Å²) in [6.45, 7) is 4.76. The maximum absolute atomic E-state index is 11.9. The predicted octanol–water partition coefficient (Wildman–Crippen LogP) is -0.160. The zero-order valence-electron chi connectivity index (χ0n) is 10.1. The normalized spacial score (nSPS) is 11.9. The van der Waals surface area contributed by atoms with E-state index in [-0.39, 0.29) is 18.7 Å². The van der Waals surface area contributed by atoms with Crippen LogP contribution in [0.15, 0.2) is 12.7 Å². The number of carbonyl (C=O) groups excluding carboxylic acids is 1. The number of ether oxygens (including phenoxy) is 1. The van der Waals surface area contributed by atoms with E-state index in [4.69, 9.17) is 15.6 Å². The van der Waals surface area contributed by atoms with E-state index in [1.807, 2.05) is 0 Å². The average Bonchev–Trinajstić information content (AvgIpc) is 2.30. The van der Waals surface area contributed by atoms with Crippen molar-refractivity contribution in [2.45, 2.75) is 18.9 Å². The monoisotopic (exact) mass is 244 g/mol. The summed E-state index contributed by atoms with van der Waals surface area (Å²) in [7, 11) is 1.54. The second kappa shape index (κ2) is 8.72. The van der Waals surface area contributed by atoms with Crippen LogP contribution in [0.3, 0.4) is 0 Å². The van der Waals surface area contributed by atoms with Crippen LogP contribution in [0.4, 0.5) is 0 Å². The molecule has 0 aliphatic heterocycles. The van der Waals surface area contributed by atoms with Crippen molar-refractivity contribution in [3.63, 3.8) is 0 Å². The van der Waals surface area contributed by atoms with Crippen LogP contribution >= 0.6 is 0 Å². The first-order valence-corrected chi connectivity index (χ1v) is 5.39. The summed E-state index contributed by atoms with van der Waals surface area (Å²) in [6.07, 6.45) is 1.62. The molecule has 0 heterocycles. The molecule has 0 aromatic carbocycles. The Kier molecular flexibility index (Phi) is 8.00. The topological polar surface area (TPSA) is 92.9 Å². The highest BCUT2D eigenvalue weighted by atomic mass is 16.5. The molecule has 0 aromatic rings. The molecule has 6 nitrogen and oxygen atoms in total. The Labute approximate surface area is 101 Å². The van der Waals surface area contributed by atoms with Crippen molar-refractivity contribution in [3.8, 4) is 0 Å². The highest BCUT2D eigenvalue weighted by Crippen LogP contribution is 2.01. The molecule has 0 aliphatic rings. The van der Waals surface area contributed by atoms with Crippen molar-refractivity contribution in [1.82, 2.24) is 4.90 Å². The molecule has 0 radical (unpaired) electrons. The number of methoxy groups -OCH3 is 1. The largest absolute Gasteiger partial charge is 0.481 e. The molecule has 0 aliphatic carbocycles. The van der Waals surface area contributed by atoms with Crippen molar-refractivity contribution < 1.29 is 19.4 Å². The Balaban J connectivity index is 4.26. The van der Waals surface area contributed by atoms with Crippen LogP contribution in [0.5, 0.6) is 0 Å². The standard InChI is InChI=1S/C11H20N2O4/c1-3-6-13(7-8-17-2)11(16)9(12)4-5-10(14)15/h3,9H,1,4-8,12H2,2H3,(H,14,15). The molecule has 0 fully saturated rings. The lowest BCUT2D eigenvalue weighted by molar-refractivity contribution is -0.137. The van der Waals surface area contributed by atoms with Gasteiger partial charge in [0, 0.05) is 26.6 Å². The fraction of sp³-hybridized carbons (Fsp3) is 0.636. The summed E-state index contributed by atoms with van der Waals surface area (Å²) >= 11 is 0. The summed E-state index contributed by atoms with van der Waals surface area (Å²) in [6, 6.07) is -0.789. The minimum Gasteiger partial charge on any atom is -0.481 e. The van der Waals surface area contributed by atoms with Crippen LogP contribution in [0.25, 0.3) is 0 Å². The number of carbonyl (C=O) groups is 2. The second-order valence-electron chi connectivity index (χ2n) is 3.60. The van der Waals surface area contributed by atoms with Crippen molar-refractivity contribution in [3.05, 3.63) is 12.7 Å². The molecule has 17 heavy (non-hydrogen) atoms. The SMILES string of the molecule is C=CCN(CCOC)C(=O)C(N)CCC(=O)O. The van der Waals surface area contributed by atoms with Crippen LogP contribution in [-0.2, 0) is 14.3 Å². The van der Waals surface area contributed by atoms with E-state index >= 15 is 0 Å². The van der Waals surface area contributed by atoms with Gasteiger partial charge in [0.05, 0.1) is 12.6 Å². The number of nitrogens with two attached hydrogens (primary N) is 1. The Morgan fingerprint density at radius 3 is 2.71 bits per heavy atom. The van der Waals surface area contributed by atoms with Crippen LogP contribution in [0.1, 0.15) is 12.8 Å². The molecule has 1 amide bonds. The van der Waals surface area contributed by atoms with E-state index in [1.54, 1.807) is 13.2 Å². The number of carboxylic acids is 1. The zero-order valence-corrected chi connectivity index (χ0v) is 10.1. The summed E-state index contributed by atoms with van der Waals surface area (Å²) in [5.41, 5.74) is 5.64. The third-order valence-corrected chi connectivity index (χ3v) is 2.21. The van der Waals surface area contributed by atoms with Gasteiger partial charge in [-0.2, -0.15) is 0 Å². The summed E-state index contributed by atoms with van der Waals surface area (Å²) in [4.78, 5) is 23.7. The van der Waals surface area contributed by atoms with E-state index in [9.17, 15) is 9.59 Å². The Hall–Kier alpha value is -1.40. The molecule has 0 spiro atoms. The number of hydrogen-bond donors (Lipinski definition) is 2. The smallest absolute Gasteiger partial charge is 0.303 e. The molecule has 98 valence electrons. The number of aliphatic carboxylic acids is 1. The number of carboxylic acid groups (broad SMARTS) is 1. The Bertz CT molecular complexity index is 268. The number of hydrogen-bond acceptors (Lipinski definition) is 4. The van der Waals surface area contributed by atoms with Gasteiger partial charge in [-0.1, -0.05) is 6.08 Å². The lowest BCUT2D eigenvalue weighted by atomic mass is 10.1. The minimum absolute atomic E-state index is 0.112. The molecule has 0 saturated heterocycles. The lowest BCUT2D eigenvalue weighted by Gasteiger charge is -2.23. The molecule has 0 aromatic heterocycles. The molecular formula is C11H20N2O4. The Morgan fingerprint density at radius 1 is 1.59 bits per heavy atom. The minimum atomic E-state index is -0.958. The number of rotatable bonds is 9. The van der Waals surface area contributed by atoms with Crippen LogP contribution < -0.4 is 5.73 Å². The van der Waals surface area contributed by atoms with Crippen LogP contribution in [0.2, 0.25) is 0 Å². The lowest BCUT2D eigenvalue weighted by Crippen LogP contribution is -2.45. The van der Waals surface area contributed by atoms with E-state index in [0.29, 0.717) is 19.7 Å². The summed E-state index contributed by atoms with van der Waals surface area (Å²) in [5, 5.41) is 8.51. The van der Waals surface area contributed by atoms with Gasteiger partial charge >= 0.3 is 5.97 Å². The highest BCUT2D eigenvalue weighted by Gasteiger charge is 2.20. The van der Waals surface area contributed by atoms with E-state index < -0.39 is 12.0 Å². The molecule has 6 heteroatoms. The van der Waals surface area contributed by atoms with Gasteiger partial charge in [-0.3, -0.25) is 9.59 Å². The maximum Gasteiger partial charge on any atom is 0.303 e. The van der Waals surface area contributed by atoms with Gasteiger partial charge in [0.15, 0.2) is 0 Å². The Morgan fingerprint density at radius 2 is 2.24 bits per heavy atom. The first-order chi connectivity index (χ1) is 8.02. The second-order valence-corrected chi connectivity index (χ2v) is 3.60. The average molecular weight is 244 g/mol. The van der Waals surface area contributed by atoms with Gasteiger partial charge < -0.3 is 20.5 Å². The van der Waals surface area contributed by atoms with Gasteiger partial charge in [-0.15, -0.1) is 6.58 Å². The van der Waals surface area contributed by atoms with E-state index in [2.05, 4.69) is 6.58 Å². The first-order valence-electron chi connectivity index (χ1n) is 5.39. The van der Waals surface area contributed by atoms with Gasteiger partial charge in [-0.25, -0.2) is 0 Å². The van der Waals surface area contributed by atoms with E-state index in [0.717, 1.165) is 0 Å². The molecule has 0 bridgehead atoms. The zero-order chi connectivity index (χ0) is 13.3. The van der Waals surface area contributed by atoms with Crippen molar-refractivity contribution >= 4 is 11.9 Å².